The summed E-state index contributed by atoms with van der Waals surface area (Å²) in [4.78, 5) is 42.2. The molecule has 1 aromatic heterocycles. The molecule has 0 aliphatic heterocycles. The van der Waals surface area contributed by atoms with Gasteiger partial charge < -0.3 is 31.2 Å². The predicted octanol–water partition coefficient (Wildman–Crippen LogP) is 5.11. The fourth-order valence-electron chi connectivity index (χ4n) is 4.05. The first kappa shape index (κ1) is 32.3. The summed E-state index contributed by atoms with van der Waals surface area (Å²) < 4.78 is 11.4. The van der Waals surface area contributed by atoms with Crippen LogP contribution in [0.1, 0.15) is 22.3 Å². The number of ether oxygens (including phenoxy) is 2. The van der Waals surface area contributed by atoms with Crippen molar-refractivity contribution in [3.8, 4) is 11.5 Å². The van der Waals surface area contributed by atoms with E-state index in [-0.39, 0.29) is 40.2 Å². The van der Waals surface area contributed by atoms with Gasteiger partial charge in [0.25, 0.3) is 5.91 Å². The molecule has 5 N–H and O–H groups in total. The second-order valence-corrected chi connectivity index (χ2v) is 10.3. The van der Waals surface area contributed by atoms with Crippen LogP contribution in [0.4, 0.5) is 11.5 Å². The Balaban J connectivity index is 1.40. The average molecular weight is 637 g/mol. The highest BCUT2D eigenvalue weighted by Gasteiger charge is 2.26. The summed E-state index contributed by atoms with van der Waals surface area (Å²) in [5.41, 5.74) is 6.62. The third-order valence-electron chi connectivity index (χ3n) is 6.25. The maximum atomic E-state index is 13.3. The molecular weight excluding hydrogens is 605 g/mol. The Kier molecular flexibility index (Phi) is 11.9. The van der Waals surface area contributed by atoms with Crippen LogP contribution >= 0.6 is 23.2 Å². The molecule has 12 heteroatoms. The molecule has 44 heavy (non-hydrogen) atoms. The molecule has 10 nitrogen and oxygen atoms in total. The topological polar surface area (TPSA) is 145 Å². The Hall–Kier alpha value is -4.64. The highest BCUT2D eigenvalue weighted by molar-refractivity contribution is 6.39. The second-order valence-electron chi connectivity index (χ2n) is 9.51. The Bertz CT molecular complexity index is 1530. The van der Waals surface area contributed by atoms with E-state index in [4.69, 9.17) is 38.4 Å². The SMILES string of the molecule is NCC(=O)Nc1ccc(OC(=O)[C@H](Cc2ccc(OCCCNc3ccccn3)cc2)NC(=O)c2c(Cl)cccc2Cl)cc1. The van der Waals surface area contributed by atoms with Gasteiger partial charge >= 0.3 is 5.97 Å². The minimum Gasteiger partial charge on any atom is -0.494 e. The highest BCUT2D eigenvalue weighted by atomic mass is 35.5. The summed E-state index contributed by atoms with van der Waals surface area (Å²) in [6.45, 7) is 1.04. The molecule has 2 amide bonds. The van der Waals surface area contributed by atoms with Gasteiger partial charge in [-0.25, -0.2) is 9.78 Å². The highest BCUT2D eigenvalue weighted by Crippen LogP contribution is 2.25. The second kappa shape index (κ2) is 16.3. The minimum absolute atomic E-state index is 0.0508. The summed E-state index contributed by atoms with van der Waals surface area (Å²) >= 11 is 12.5. The number of halogens is 2. The summed E-state index contributed by atoms with van der Waals surface area (Å²) in [5.74, 6) is 0.00535. The molecule has 0 saturated heterocycles. The first-order chi connectivity index (χ1) is 21.3. The third kappa shape index (κ3) is 9.70. The predicted molar refractivity (Wildman–Crippen MR) is 170 cm³/mol. The number of anilines is 2. The normalized spacial score (nSPS) is 11.2. The van der Waals surface area contributed by atoms with E-state index in [1.165, 1.54) is 24.3 Å². The number of carbonyl (C=O) groups is 3. The lowest BCUT2D eigenvalue weighted by atomic mass is 10.0. The van der Waals surface area contributed by atoms with Crippen LogP contribution in [0.15, 0.2) is 91.1 Å². The van der Waals surface area contributed by atoms with Gasteiger partial charge in [0.15, 0.2) is 0 Å². The van der Waals surface area contributed by atoms with Crippen molar-refractivity contribution in [2.24, 2.45) is 5.73 Å². The van der Waals surface area contributed by atoms with Crippen molar-refractivity contribution in [3.63, 3.8) is 0 Å². The van der Waals surface area contributed by atoms with Gasteiger partial charge in [0, 0.05) is 24.8 Å². The number of carbonyl (C=O) groups excluding carboxylic acids is 3. The van der Waals surface area contributed by atoms with Gasteiger partial charge in [-0.3, -0.25) is 9.59 Å². The fourth-order valence-corrected chi connectivity index (χ4v) is 4.62. The van der Waals surface area contributed by atoms with E-state index in [0.29, 0.717) is 24.6 Å². The molecule has 0 bridgehead atoms. The van der Waals surface area contributed by atoms with E-state index in [9.17, 15) is 14.4 Å². The van der Waals surface area contributed by atoms with Gasteiger partial charge in [0.2, 0.25) is 5.91 Å². The number of pyridine rings is 1. The Morgan fingerprint density at radius 2 is 1.57 bits per heavy atom. The van der Waals surface area contributed by atoms with Gasteiger partial charge in [-0.15, -0.1) is 0 Å². The lowest BCUT2D eigenvalue weighted by Crippen LogP contribution is -2.44. The molecule has 4 rings (SSSR count). The zero-order chi connectivity index (χ0) is 31.3. The zero-order valence-corrected chi connectivity index (χ0v) is 25.1. The number of hydrogen-bond donors (Lipinski definition) is 4. The van der Waals surface area contributed by atoms with E-state index < -0.39 is 17.9 Å². The van der Waals surface area contributed by atoms with Crippen molar-refractivity contribution in [1.82, 2.24) is 10.3 Å². The first-order valence-electron chi connectivity index (χ1n) is 13.8. The number of nitrogens with two attached hydrogens (primary N) is 1. The number of amides is 2. The number of esters is 1. The largest absolute Gasteiger partial charge is 0.494 e. The van der Waals surface area contributed by atoms with E-state index in [1.54, 1.807) is 36.5 Å². The van der Waals surface area contributed by atoms with Gasteiger partial charge in [-0.1, -0.05) is 47.5 Å². The average Bonchev–Trinajstić information content (AvgIpc) is 3.02. The quantitative estimate of drug-likeness (QED) is 0.0849. The van der Waals surface area contributed by atoms with Gasteiger partial charge in [-0.2, -0.15) is 0 Å². The minimum atomic E-state index is -1.09. The Morgan fingerprint density at radius 1 is 0.864 bits per heavy atom. The summed E-state index contributed by atoms with van der Waals surface area (Å²) in [6, 6.07) is 22.7. The van der Waals surface area contributed by atoms with Crippen LogP contribution in [0.5, 0.6) is 11.5 Å². The van der Waals surface area contributed by atoms with Crippen LogP contribution in [0.2, 0.25) is 10.0 Å². The summed E-state index contributed by atoms with van der Waals surface area (Å²) in [7, 11) is 0. The number of benzene rings is 3. The van der Waals surface area contributed by atoms with Crippen LogP contribution < -0.4 is 31.2 Å². The van der Waals surface area contributed by atoms with Crippen molar-refractivity contribution in [3.05, 3.63) is 112 Å². The zero-order valence-electron chi connectivity index (χ0n) is 23.6. The molecule has 4 aromatic rings. The van der Waals surface area contributed by atoms with Crippen LogP contribution in [0, 0.1) is 0 Å². The molecule has 0 fully saturated rings. The van der Waals surface area contributed by atoms with Crippen molar-refractivity contribution in [2.45, 2.75) is 18.9 Å². The molecule has 3 aromatic carbocycles. The van der Waals surface area contributed by atoms with Crippen LogP contribution in [-0.2, 0) is 16.0 Å². The standard InChI is InChI=1S/C32H31Cl2N5O5/c33-25-5-3-6-26(34)30(25)31(41)39-27(32(42)44-24-14-10-22(11-15-24)38-29(40)20-35)19-21-8-12-23(13-9-21)43-18-4-17-37-28-7-1-2-16-36-28/h1-3,5-16,27H,4,17-20,35H2,(H,36,37)(H,38,40)(H,39,41)/t27-/m0/s1. The summed E-state index contributed by atoms with van der Waals surface area (Å²) in [6.07, 6.45) is 2.61. The fraction of sp³-hybridized carbons (Fsp3) is 0.188. The van der Waals surface area contributed by atoms with Crippen molar-refractivity contribution < 1.29 is 23.9 Å². The van der Waals surface area contributed by atoms with E-state index >= 15 is 0 Å². The lowest BCUT2D eigenvalue weighted by Gasteiger charge is -2.19. The molecule has 0 aliphatic rings. The molecular formula is C32H31Cl2N5O5. The van der Waals surface area contributed by atoms with Crippen molar-refractivity contribution >= 4 is 52.5 Å². The number of hydrogen-bond acceptors (Lipinski definition) is 8. The van der Waals surface area contributed by atoms with Crippen molar-refractivity contribution in [1.29, 1.82) is 0 Å². The number of nitrogens with one attached hydrogen (secondary N) is 3. The van der Waals surface area contributed by atoms with Crippen LogP contribution in [0.3, 0.4) is 0 Å². The molecule has 228 valence electrons. The molecule has 1 atom stereocenters. The maximum absolute atomic E-state index is 13.3. The molecule has 0 unspecified atom stereocenters. The van der Waals surface area contributed by atoms with E-state index in [2.05, 4.69) is 20.9 Å². The molecule has 0 radical (unpaired) electrons. The number of rotatable bonds is 14. The smallest absolute Gasteiger partial charge is 0.334 e. The number of nitrogens with zero attached hydrogens (tertiary/aromatic N) is 1. The first-order valence-corrected chi connectivity index (χ1v) is 14.5. The van der Waals surface area contributed by atoms with E-state index in [1.807, 2.05) is 30.3 Å². The van der Waals surface area contributed by atoms with Crippen LogP contribution in [-0.4, -0.2) is 48.5 Å². The van der Waals surface area contributed by atoms with E-state index in [0.717, 1.165) is 17.8 Å². The lowest BCUT2D eigenvalue weighted by molar-refractivity contribution is -0.136. The monoisotopic (exact) mass is 635 g/mol. The summed E-state index contributed by atoms with van der Waals surface area (Å²) in [5, 5.41) is 8.84. The van der Waals surface area contributed by atoms with Crippen molar-refractivity contribution in [2.75, 3.05) is 30.3 Å². The third-order valence-corrected chi connectivity index (χ3v) is 6.88. The molecule has 1 heterocycles. The molecule has 0 aliphatic carbocycles. The van der Waals surface area contributed by atoms with Gasteiger partial charge in [-0.05, 0) is 72.6 Å². The molecule has 0 spiro atoms. The van der Waals surface area contributed by atoms with Gasteiger partial charge in [0.05, 0.1) is 28.8 Å². The Morgan fingerprint density at radius 3 is 2.23 bits per heavy atom. The molecule has 0 saturated carbocycles. The maximum Gasteiger partial charge on any atom is 0.334 e. The van der Waals surface area contributed by atoms with Crippen LogP contribution in [0.25, 0.3) is 0 Å². The Labute approximate surface area is 264 Å². The number of aromatic nitrogens is 1. The van der Waals surface area contributed by atoms with Gasteiger partial charge in [0.1, 0.15) is 23.4 Å².